The van der Waals surface area contributed by atoms with E-state index in [9.17, 15) is 4.79 Å². The van der Waals surface area contributed by atoms with Crippen LogP contribution in [0.1, 0.15) is 63.9 Å². The van der Waals surface area contributed by atoms with Crippen LogP contribution >= 0.6 is 0 Å². The molecule has 0 N–H and O–H groups in total. The molecule has 0 spiro atoms. The standard InChI is InChI=1S/C23H30O/c1-23(2)19-14-13-18(15-20(24)22(19)23)21(16-9-5-3-6-10-16)17-11-7-4-8-12-17/h3-7,9-10,17-19,21-22H,8,11-15H2,1-2H3. The molecule has 24 heavy (non-hydrogen) atoms. The number of fused-ring (bicyclic) bond motifs is 1. The molecule has 0 aliphatic heterocycles. The van der Waals surface area contributed by atoms with E-state index in [1.165, 1.54) is 37.7 Å². The molecule has 128 valence electrons. The zero-order valence-corrected chi connectivity index (χ0v) is 15.1. The number of carbonyl (C=O) groups excluding carboxylic acids is 1. The van der Waals surface area contributed by atoms with Crippen LogP contribution in [0.4, 0.5) is 0 Å². The number of hydrogen-bond acceptors (Lipinski definition) is 1. The first kappa shape index (κ1) is 16.1. The van der Waals surface area contributed by atoms with Gasteiger partial charge >= 0.3 is 0 Å². The highest BCUT2D eigenvalue weighted by atomic mass is 16.1. The number of ketones is 1. The van der Waals surface area contributed by atoms with E-state index in [0.717, 1.165) is 6.42 Å². The smallest absolute Gasteiger partial charge is 0.137 e. The molecule has 0 amide bonds. The average molecular weight is 322 g/mol. The van der Waals surface area contributed by atoms with Crippen LogP contribution in [0.5, 0.6) is 0 Å². The van der Waals surface area contributed by atoms with Gasteiger partial charge in [0.2, 0.25) is 0 Å². The summed E-state index contributed by atoms with van der Waals surface area (Å²) >= 11 is 0. The van der Waals surface area contributed by atoms with Gasteiger partial charge in [-0.3, -0.25) is 4.79 Å². The molecular weight excluding hydrogens is 292 g/mol. The monoisotopic (exact) mass is 322 g/mol. The second kappa shape index (κ2) is 6.17. The molecule has 0 aromatic heterocycles. The maximum atomic E-state index is 12.9. The Kier molecular flexibility index (Phi) is 4.14. The van der Waals surface area contributed by atoms with Crippen molar-refractivity contribution < 1.29 is 4.79 Å². The summed E-state index contributed by atoms with van der Waals surface area (Å²) in [5.74, 6) is 3.36. The first-order chi connectivity index (χ1) is 11.6. The van der Waals surface area contributed by atoms with E-state index in [0.29, 0.717) is 35.4 Å². The molecule has 3 aliphatic rings. The number of allylic oxidation sites excluding steroid dienone is 2. The minimum Gasteiger partial charge on any atom is -0.299 e. The molecule has 3 aliphatic carbocycles. The fourth-order valence-electron chi connectivity index (χ4n) is 5.86. The van der Waals surface area contributed by atoms with E-state index in [2.05, 4.69) is 56.3 Å². The fourth-order valence-corrected chi connectivity index (χ4v) is 5.86. The van der Waals surface area contributed by atoms with Gasteiger partial charge in [0.05, 0.1) is 0 Å². The molecule has 5 unspecified atom stereocenters. The molecule has 0 heterocycles. The molecule has 0 bridgehead atoms. The van der Waals surface area contributed by atoms with Crippen molar-refractivity contribution in [3.8, 4) is 0 Å². The molecule has 4 rings (SSSR count). The van der Waals surface area contributed by atoms with E-state index in [1.807, 2.05) is 0 Å². The van der Waals surface area contributed by atoms with Gasteiger partial charge in [-0.2, -0.15) is 0 Å². The van der Waals surface area contributed by atoms with E-state index < -0.39 is 0 Å². The first-order valence-electron chi connectivity index (χ1n) is 9.81. The lowest BCUT2D eigenvalue weighted by atomic mass is 9.69. The molecule has 1 nitrogen and oxygen atoms in total. The molecule has 1 heteroatoms. The normalized spacial score (nSPS) is 35.8. The van der Waals surface area contributed by atoms with E-state index in [-0.39, 0.29) is 5.41 Å². The van der Waals surface area contributed by atoms with Crippen molar-refractivity contribution in [3.63, 3.8) is 0 Å². The summed E-state index contributed by atoms with van der Waals surface area (Å²) in [5.41, 5.74) is 1.74. The predicted octanol–water partition coefficient (Wildman–Crippen LogP) is 5.77. The van der Waals surface area contributed by atoms with Gasteiger partial charge in [0.25, 0.3) is 0 Å². The van der Waals surface area contributed by atoms with Gasteiger partial charge < -0.3 is 0 Å². The molecular formula is C23H30O. The highest BCUT2D eigenvalue weighted by Crippen LogP contribution is 2.64. The zero-order chi connectivity index (χ0) is 16.7. The lowest BCUT2D eigenvalue weighted by Crippen LogP contribution is -2.25. The van der Waals surface area contributed by atoms with Gasteiger partial charge in [-0.15, -0.1) is 0 Å². The Morgan fingerprint density at radius 3 is 2.50 bits per heavy atom. The van der Waals surface area contributed by atoms with E-state index in [4.69, 9.17) is 0 Å². The summed E-state index contributed by atoms with van der Waals surface area (Å²) < 4.78 is 0. The first-order valence-corrected chi connectivity index (χ1v) is 9.81. The largest absolute Gasteiger partial charge is 0.299 e. The summed E-state index contributed by atoms with van der Waals surface area (Å²) in [6.07, 6.45) is 11.6. The van der Waals surface area contributed by atoms with Gasteiger partial charge in [-0.25, -0.2) is 0 Å². The Bertz CT molecular complexity index is 627. The Labute approximate surface area is 146 Å². The Balaban J connectivity index is 1.60. The molecule has 0 saturated heterocycles. The minimum atomic E-state index is 0.276. The highest BCUT2D eigenvalue weighted by molar-refractivity contribution is 5.86. The quantitative estimate of drug-likeness (QED) is 0.646. The molecule has 1 aromatic rings. The molecule has 2 saturated carbocycles. The third kappa shape index (κ3) is 2.76. The van der Waals surface area contributed by atoms with Crippen molar-refractivity contribution in [1.29, 1.82) is 0 Å². The van der Waals surface area contributed by atoms with E-state index in [1.54, 1.807) is 0 Å². The second-order valence-corrected chi connectivity index (χ2v) is 8.89. The zero-order valence-electron chi connectivity index (χ0n) is 15.1. The third-order valence-electron chi connectivity index (χ3n) is 7.22. The van der Waals surface area contributed by atoms with Crippen molar-refractivity contribution in [2.24, 2.45) is 29.1 Å². The molecule has 0 radical (unpaired) electrons. The van der Waals surface area contributed by atoms with E-state index >= 15 is 0 Å². The lowest BCUT2D eigenvalue weighted by Gasteiger charge is -2.35. The van der Waals surface area contributed by atoms with Crippen LogP contribution in [-0.4, -0.2) is 5.78 Å². The average Bonchev–Trinajstić information content (AvgIpc) is 3.20. The van der Waals surface area contributed by atoms with Gasteiger partial charge in [0.1, 0.15) is 5.78 Å². The third-order valence-corrected chi connectivity index (χ3v) is 7.22. The van der Waals surface area contributed by atoms with Gasteiger partial charge in [-0.1, -0.05) is 56.3 Å². The fraction of sp³-hybridized carbons (Fsp3) is 0.609. The summed E-state index contributed by atoms with van der Waals surface area (Å²) in [4.78, 5) is 12.9. The topological polar surface area (TPSA) is 17.1 Å². The van der Waals surface area contributed by atoms with Crippen molar-refractivity contribution in [3.05, 3.63) is 48.0 Å². The summed E-state index contributed by atoms with van der Waals surface area (Å²) in [7, 11) is 0. The molecule has 5 atom stereocenters. The number of Topliss-reactive ketones (excluding diaryl/α,β-unsaturated/α-hetero) is 1. The molecule has 2 fully saturated rings. The number of hydrogen-bond donors (Lipinski definition) is 0. The van der Waals surface area contributed by atoms with Gasteiger partial charge in [0, 0.05) is 12.3 Å². The SMILES string of the molecule is CC1(C)C2CCC(C(c3ccccc3)C3CC=CCC3)CC(=O)C21. The second-order valence-electron chi connectivity index (χ2n) is 8.89. The molecule has 1 aromatic carbocycles. The Morgan fingerprint density at radius 1 is 1.00 bits per heavy atom. The Morgan fingerprint density at radius 2 is 1.79 bits per heavy atom. The van der Waals surface area contributed by atoms with Crippen LogP contribution in [0.3, 0.4) is 0 Å². The van der Waals surface area contributed by atoms with Crippen LogP contribution in [0.15, 0.2) is 42.5 Å². The maximum Gasteiger partial charge on any atom is 0.137 e. The minimum absolute atomic E-state index is 0.276. The van der Waals surface area contributed by atoms with Gasteiger partial charge in [-0.05, 0) is 66.8 Å². The summed E-state index contributed by atoms with van der Waals surface area (Å²) in [6.45, 7) is 4.59. The summed E-state index contributed by atoms with van der Waals surface area (Å²) in [5, 5.41) is 0. The van der Waals surface area contributed by atoms with Crippen molar-refractivity contribution >= 4 is 5.78 Å². The maximum absolute atomic E-state index is 12.9. The number of rotatable bonds is 3. The lowest BCUT2D eigenvalue weighted by molar-refractivity contribution is -0.122. The Hall–Kier alpha value is -1.37. The van der Waals surface area contributed by atoms with Crippen LogP contribution in [0.25, 0.3) is 0 Å². The van der Waals surface area contributed by atoms with Crippen molar-refractivity contribution in [2.75, 3.05) is 0 Å². The van der Waals surface area contributed by atoms with Crippen LogP contribution < -0.4 is 0 Å². The predicted molar refractivity (Wildman–Crippen MR) is 98.8 cm³/mol. The number of carbonyl (C=O) groups is 1. The number of benzene rings is 1. The van der Waals surface area contributed by atoms with Gasteiger partial charge in [0.15, 0.2) is 0 Å². The van der Waals surface area contributed by atoms with Crippen molar-refractivity contribution in [1.82, 2.24) is 0 Å². The van der Waals surface area contributed by atoms with Crippen molar-refractivity contribution in [2.45, 2.75) is 58.3 Å². The van der Waals surface area contributed by atoms with Crippen LogP contribution in [0.2, 0.25) is 0 Å². The summed E-state index contributed by atoms with van der Waals surface area (Å²) in [6, 6.07) is 11.0. The van der Waals surface area contributed by atoms with Crippen LogP contribution in [-0.2, 0) is 4.79 Å². The van der Waals surface area contributed by atoms with Crippen LogP contribution in [0, 0.1) is 29.1 Å². The highest BCUT2D eigenvalue weighted by Gasteiger charge is 2.62.